The molecule has 9 heteroatoms. The van der Waals surface area contributed by atoms with Crippen molar-refractivity contribution in [2.24, 2.45) is 5.92 Å². The number of para-hydroxylation sites is 1. The van der Waals surface area contributed by atoms with Gasteiger partial charge in [0.1, 0.15) is 4.21 Å². The Morgan fingerprint density at radius 2 is 2.19 bits per heavy atom. The van der Waals surface area contributed by atoms with Crippen LogP contribution in [-0.2, 0) is 14.8 Å². The number of nitrogens with one attached hydrogen (secondary N) is 2. The summed E-state index contributed by atoms with van der Waals surface area (Å²) >= 11 is 1.26. The summed E-state index contributed by atoms with van der Waals surface area (Å²) in [4.78, 5) is 13.7. The van der Waals surface area contributed by atoms with Crippen LogP contribution in [0, 0.1) is 12.8 Å². The average Bonchev–Trinajstić information content (AvgIpc) is 3.31. The van der Waals surface area contributed by atoms with Crippen molar-refractivity contribution in [3.63, 3.8) is 0 Å². The summed E-state index contributed by atoms with van der Waals surface area (Å²) in [7, 11) is -3.55. The van der Waals surface area contributed by atoms with E-state index in [4.69, 9.17) is 0 Å². The van der Waals surface area contributed by atoms with Crippen molar-refractivity contribution < 1.29 is 13.2 Å². The Hall–Kier alpha value is -2.23. The van der Waals surface area contributed by atoms with Crippen molar-refractivity contribution in [3.8, 4) is 0 Å². The first-order valence-corrected chi connectivity index (χ1v) is 11.0. The highest BCUT2D eigenvalue weighted by Crippen LogP contribution is 2.29. The number of carbonyl (C=O) groups excluding carboxylic acids is 1. The van der Waals surface area contributed by atoms with Crippen LogP contribution in [0.2, 0.25) is 0 Å². The number of aryl methyl sites for hydroxylation is 1. The van der Waals surface area contributed by atoms with Gasteiger partial charge in [0.25, 0.3) is 10.0 Å². The summed E-state index contributed by atoms with van der Waals surface area (Å²) in [6.45, 7) is 2.52. The third kappa shape index (κ3) is 3.50. The maximum atomic E-state index is 12.9. The minimum Gasteiger partial charge on any atom is -0.324 e. The molecule has 1 amide bonds. The number of aromatic amines is 1. The fourth-order valence-electron chi connectivity index (χ4n) is 3.36. The van der Waals surface area contributed by atoms with E-state index in [0.29, 0.717) is 29.3 Å². The lowest BCUT2D eigenvalue weighted by molar-refractivity contribution is -0.120. The molecule has 1 saturated heterocycles. The molecule has 0 bridgehead atoms. The van der Waals surface area contributed by atoms with Crippen LogP contribution in [0.3, 0.4) is 0 Å². The minimum absolute atomic E-state index is 0.167. The molecule has 7 nitrogen and oxygen atoms in total. The largest absolute Gasteiger partial charge is 0.324 e. The van der Waals surface area contributed by atoms with E-state index in [1.165, 1.54) is 15.6 Å². The molecule has 1 aliphatic rings. The molecule has 1 unspecified atom stereocenters. The molecule has 1 aromatic carbocycles. The average molecular weight is 405 g/mol. The van der Waals surface area contributed by atoms with Crippen molar-refractivity contribution in [1.82, 2.24) is 14.5 Å². The van der Waals surface area contributed by atoms with E-state index in [-0.39, 0.29) is 18.4 Å². The van der Waals surface area contributed by atoms with Gasteiger partial charge in [-0.05, 0) is 38.0 Å². The molecular formula is C18H20N4O3S2. The van der Waals surface area contributed by atoms with Gasteiger partial charge in [-0.15, -0.1) is 11.3 Å². The third-order valence-electron chi connectivity index (χ3n) is 4.80. The van der Waals surface area contributed by atoms with Gasteiger partial charge >= 0.3 is 0 Å². The molecule has 0 saturated carbocycles. The number of hydrogen-bond donors (Lipinski definition) is 2. The number of carbonyl (C=O) groups is 1. The zero-order valence-corrected chi connectivity index (χ0v) is 16.4. The topological polar surface area (TPSA) is 95.2 Å². The Balaban J connectivity index is 1.51. The Kier molecular flexibility index (Phi) is 4.75. The highest BCUT2D eigenvalue weighted by Gasteiger charge is 2.34. The predicted molar refractivity (Wildman–Crippen MR) is 105 cm³/mol. The van der Waals surface area contributed by atoms with E-state index >= 15 is 0 Å². The fourth-order valence-corrected chi connectivity index (χ4v) is 6.32. The van der Waals surface area contributed by atoms with Crippen molar-refractivity contribution in [2.45, 2.75) is 24.0 Å². The Labute approximate surface area is 161 Å². The van der Waals surface area contributed by atoms with Gasteiger partial charge in [0.2, 0.25) is 5.91 Å². The van der Waals surface area contributed by atoms with Gasteiger partial charge in [0, 0.05) is 23.4 Å². The van der Waals surface area contributed by atoms with Gasteiger partial charge in [-0.25, -0.2) is 8.42 Å². The number of fused-ring (bicyclic) bond motifs is 1. The van der Waals surface area contributed by atoms with Gasteiger partial charge in [0.05, 0.1) is 23.3 Å². The van der Waals surface area contributed by atoms with E-state index in [0.717, 1.165) is 15.8 Å². The Bertz CT molecular complexity index is 1090. The highest BCUT2D eigenvalue weighted by molar-refractivity contribution is 7.91. The van der Waals surface area contributed by atoms with E-state index < -0.39 is 10.0 Å². The van der Waals surface area contributed by atoms with E-state index in [9.17, 15) is 13.2 Å². The number of thiophene rings is 1. The van der Waals surface area contributed by atoms with Gasteiger partial charge in [-0.3, -0.25) is 9.89 Å². The van der Waals surface area contributed by atoms with E-state index in [2.05, 4.69) is 15.5 Å². The Morgan fingerprint density at radius 1 is 1.33 bits per heavy atom. The van der Waals surface area contributed by atoms with E-state index in [1.807, 2.05) is 25.1 Å². The Morgan fingerprint density at radius 3 is 2.96 bits per heavy atom. The summed E-state index contributed by atoms with van der Waals surface area (Å²) in [5.41, 5.74) is 1.42. The van der Waals surface area contributed by atoms with Crippen LogP contribution in [0.15, 0.2) is 40.7 Å². The number of nitrogens with zero attached hydrogens (tertiary/aromatic N) is 2. The monoisotopic (exact) mass is 404 g/mol. The van der Waals surface area contributed by atoms with Crippen LogP contribution in [0.5, 0.6) is 0 Å². The molecule has 1 fully saturated rings. The van der Waals surface area contributed by atoms with Crippen LogP contribution >= 0.6 is 11.3 Å². The highest BCUT2D eigenvalue weighted by atomic mass is 32.2. The molecule has 1 atom stereocenters. The summed E-state index contributed by atoms with van der Waals surface area (Å²) in [6.07, 6.45) is 3.03. The first kappa shape index (κ1) is 18.1. The van der Waals surface area contributed by atoms with Crippen LogP contribution < -0.4 is 5.32 Å². The number of H-pyrrole nitrogens is 1. The first-order chi connectivity index (χ1) is 12.9. The molecule has 3 heterocycles. The first-order valence-electron chi connectivity index (χ1n) is 8.75. The third-order valence-corrected chi connectivity index (χ3v) is 8.13. The minimum atomic E-state index is -3.55. The molecular weight excluding hydrogens is 384 g/mol. The molecule has 0 radical (unpaired) electrons. The standard InChI is InChI=1S/C18H20N4O3S2/c1-12-7-8-16(26-12)27(24,25)22-9-3-5-14(11-22)18(23)20-15-6-2-4-13-10-19-21-17(13)15/h2,4,6-8,10,14H,3,5,9,11H2,1H3,(H,19,21)(H,20,23). The second kappa shape index (κ2) is 7.06. The summed E-state index contributed by atoms with van der Waals surface area (Å²) in [5, 5.41) is 10.7. The molecule has 0 aliphatic carbocycles. The molecule has 1 aliphatic heterocycles. The number of piperidine rings is 1. The van der Waals surface area contributed by atoms with Crippen molar-refractivity contribution in [1.29, 1.82) is 0 Å². The summed E-state index contributed by atoms with van der Waals surface area (Å²) in [5.74, 6) is -0.549. The van der Waals surface area contributed by atoms with Gasteiger partial charge in [-0.2, -0.15) is 9.40 Å². The lowest BCUT2D eigenvalue weighted by Crippen LogP contribution is -2.43. The second-order valence-electron chi connectivity index (χ2n) is 6.70. The number of sulfonamides is 1. The van der Waals surface area contributed by atoms with Crippen molar-refractivity contribution in [3.05, 3.63) is 41.4 Å². The number of rotatable bonds is 4. The smallest absolute Gasteiger partial charge is 0.252 e. The number of amides is 1. The maximum absolute atomic E-state index is 12.9. The van der Waals surface area contributed by atoms with Gasteiger partial charge < -0.3 is 5.32 Å². The maximum Gasteiger partial charge on any atom is 0.252 e. The van der Waals surface area contributed by atoms with Crippen LogP contribution in [0.1, 0.15) is 17.7 Å². The van der Waals surface area contributed by atoms with Gasteiger partial charge in [-0.1, -0.05) is 12.1 Å². The zero-order valence-electron chi connectivity index (χ0n) is 14.8. The molecule has 142 valence electrons. The quantitative estimate of drug-likeness (QED) is 0.699. The predicted octanol–water partition coefficient (Wildman–Crippen LogP) is 2.97. The van der Waals surface area contributed by atoms with Crippen molar-refractivity contribution >= 4 is 43.9 Å². The lowest BCUT2D eigenvalue weighted by atomic mass is 9.98. The normalized spacial score (nSPS) is 18.6. The van der Waals surface area contributed by atoms with Crippen molar-refractivity contribution in [2.75, 3.05) is 18.4 Å². The molecule has 0 spiro atoms. The number of aromatic nitrogens is 2. The second-order valence-corrected chi connectivity index (χ2v) is 10.1. The fraction of sp³-hybridized carbons (Fsp3) is 0.333. The van der Waals surface area contributed by atoms with Crippen LogP contribution in [0.4, 0.5) is 5.69 Å². The zero-order chi connectivity index (χ0) is 19.0. The summed E-state index contributed by atoms with van der Waals surface area (Å²) < 4.78 is 27.5. The number of hydrogen-bond acceptors (Lipinski definition) is 5. The molecule has 27 heavy (non-hydrogen) atoms. The number of benzene rings is 1. The summed E-state index contributed by atoms with van der Waals surface area (Å²) in [6, 6.07) is 9.01. The number of anilines is 1. The molecule has 3 aromatic rings. The molecule has 4 rings (SSSR count). The van der Waals surface area contributed by atoms with Crippen LogP contribution in [-0.4, -0.2) is 41.9 Å². The lowest BCUT2D eigenvalue weighted by Gasteiger charge is -2.30. The van der Waals surface area contributed by atoms with Crippen LogP contribution in [0.25, 0.3) is 10.9 Å². The van der Waals surface area contributed by atoms with E-state index in [1.54, 1.807) is 18.3 Å². The SMILES string of the molecule is Cc1ccc(S(=O)(=O)N2CCCC(C(=O)Nc3cccc4cn[nH]c34)C2)s1. The van der Waals surface area contributed by atoms with Gasteiger partial charge in [0.15, 0.2) is 0 Å². The molecule has 2 N–H and O–H groups in total. The molecule has 2 aromatic heterocycles.